The largest absolute Gasteiger partial charge is 0.448 e. The van der Waals surface area contributed by atoms with Gasteiger partial charge in [0.25, 0.3) is 15.6 Å². The molecule has 190 valence electrons. The number of aromatic nitrogens is 1. The summed E-state index contributed by atoms with van der Waals surface area (Å²) >= 11 is 0. The summed E-state index contributed by atoms with van der Waals surface area (Å²) in [5.74, 6) is -1.65. The Bertz CT molecular complexity index is 1280. The molecule has 0 aliphatic heterocycles. The number of primary amides is 1. The van der Waals surface area contributed by atoms with Gasteiger partial charge < -0.3 is 16.2 Å². The van der Waals surface area contributed by atoms with Crippen LogP contribution in [0.2, 0.25) is 0 Å². The third kappa shape index (κ3) is 6.80. The van der Waals surface area contributed by atoms with Crippen LogP contribution < -0.4 is 21.7 Å². The van der Waals surface area contributed by atoms with Gasteiger partial charge in [0.15, 0.2) is 0 Å². The molecule has 2 aromatic rings. The average Bonchev–Trinajstić information content (AvgIpc) is 2.77. The van der Waals surface area contributed by atoms with Gasteiger partial charge in [0.05, 0.1) is 18.1 Å². The van der Waals surface area contributed by atoms with Crippen LogP contribution in [0.3, 0.4) is 0 Å². The van der Waals surface area contributed by atoms with Crippen LogP contribution in [0.15, 0.2) is 46.1 Å². The summed E-state index contributed by atoms with van der Waals surface area (Å²) < 4.78 is 33.6. The first-order valence-electron chi connectivity index (χ1n) is 10.4. The predicted octanol–water partition coefficient (Wildman–Crippen LogP) is 0.966. The van der Waals surface area contributed by atoms with E-state index in [-0.39, 0.29) is 30.2 Å². The molecule has 1 heterocycles. The Hall–Kier alpha value is -3.91. The van der Waals surface area contributed by atoms with E-state index in [9.17, 15) is 22.8 Å². The van der Waals surface area contributed by atoms with E-state index in [0.29, 0.717) is 16.3 Å². The quantitative estimate of drug-likeness (QED) is 0.206. The minimum Gasteiger partial charge on any atom is -0.448 e. The Morgan fingerprint density at radius 3 is 2.46 bits per heavy atom. The first-order valence-corrected chi connectivity index (χ1v) is 11.9. The van der Waals surface area contributed by atoms with E-state index in [1.54, 1.807) is 26.0 Å². The maximum atomic E-state index is 13.2. The number of ether oxygens (including phenoxy) is 1. The highest BCUT2D eigenvalue weighted by Crippen LogP contribution is 2.18. The lowest BCUT2D eigenvalue weighted by Crippen LogP contribution is -2.42. The fraction of sp³-hybridized carbons (Fsp3) is 0.333. The number of sulfonamides is 1. The average molecular weight is 509 g/mol. The monoisotopic (exact) mass is 508 g/mol. The number of guanidine groups is 1. The second-order valence-corrected chi connectivity index (χ2v) is 9.09. The Labute approximate surface area is 202 Å². The molecular formula is C21H28N6O7S. The van der Waals surface area contributed by atoms with E-state index in [2.05, 4.69) is 4.72 Å². The Morgan fingerprint density at radius 2 is 1.89 bits per heavy atom. The Kier molecular flexibility index (Phi) is 8.97. The summed E-state index contributed by atoms with van der Waals surface area (Å²) in [6, 6.07) is 7.61. The van der Waals surface area contributed by atoms with Crippen molar-refractivity contribution in [3.05, 3.63) is 58.0 Å². The lowest BCUT2D eigenvalue weighted by Gasteiger charge is -2.23. The lowest BCUT2D eigenvalue weighted by atomic mass is 10.1. The lowest BCUT2D eigenvalue weighted by molar-refractivity contribution is -0.124. The third-order valence-corrected chi connectivity index (χ3v) is 6.13. The first kappa shape index (κ1) is 27.3. The van der Waals surface area contributed by atoms with Gasteiger partial charge in [0.1, 0.15) is 11.7 Å². The third-order valence-electron chi connectivity index (χ3n) is 4.77. The van der Waals surface area contributed by atoms with Gasteiger partial charge in [0.2, 0.25) is 11.9 Å². The molecule has 0 fully saturated rings. The van der Waals surface area contributed by atoms with Crippen LogP contribution in [0, 0.1) is 19.3 Å². The van der Waals surface area contributed by atoms with Gasteiger partial charge in [-0.2, -0.15) is 0 Å². The van der Waals surface area contributed by atoms with Gasteiger partial charge in [-0.15, -0.1) is 5.06 Å². The minimum atomic E-state index is -4.09. The van der Waals surface area contributed by atoms with Crippen molar-refractivity contribution in [3.8, 4) is 0 Å². The summed E-state index contributed by atoms with van der Waals surface area (Å²) in [5.41, 5.74) is 10.8. The summed E-state index contributed by atoms with van der Waals surface area (Å²) in [6.45, 7) is 4.48. The molecule has 6 N–H and O–H groups in total. The van der Waals surface area contributed by atoms with Crippen LogP contribution in [0.4, 0.5) is 10.5 Å². The fourth-order valence-electron chi connectivity index (χ4n) is 3.15. The number of aryl methyl sites for hydroxylation is 2. The Balaban J connectivity index is 2.32. The molecule has 1 atom stereocenters. The fourth-order valence-corrected chi connectivity index (χ4v) is 4.32. The zero-order chi connectivity index (χ0) is 26.3. The smallest absolute Gasteiger partial charge is 0.441 e. The molecule has 2 amide bonds. The molecule has 2 rings (SSSR count). The van der Waals surface area contributed by atoms with Crippen molar-refractivity contribution in [3.63, 3.8) is 0 Å². The van der Waals surface area contributed by atoms with E-state index in [0.717, 1.165) is 4.57 Å². The summed E-state index contributed by atoms with van der Waals surface area (Å²) in [6.07, 6.45) is -1.23. The molecule has 35 heavy (non-hydrogen) atoms. The predicted molar refractivity (Wildman–Crippen MR) is 127 cm³/mol. The molecule has 0 spiro atoms. The summed E-state index contributed by atoms with van der Waals surface area (Å²) in [4.78, 5) is 42.3. The van der Waals surface area contributed by atoms with Crippen LogP contribution in [0.1, 0.15) is 30.6 Å². The highest BCUT2D eigenvalue weighted by molar-refractivity contribution is 7.92. The summed E-state index contributed by atoms with van der Waals surface area (Å²) in [5, 5.41) is 7.82. The molecule has 0 saturated heterocycles. The number of hydrogen-bond donors (Lipinski definition) is 4. The molecule has 0 aliphatic rings. The number of anilines is 1. The second kappa shape index (κ2) is 11.5. The van der Waals surface area contributed by atoms with Crippen molar-refractivity contribution in [2.24, 2.45) is 11.5 Å². The van der Waals surface area contributed by atoms with Crippen molar-refractivity contribution < 1.29 is 27.6 Å². The van der Waals surface area contributed by atoms with Crippen LogP contribution in [0.5, 0.6) is 0 Å². The van der Waals surface area contributed by atoms with E-state index in [1.165, 1.54) is 31.2 Å². The topological polar surface area (TPSA) is 200 Å². The first-order chi connectivity index (χ1) is 16.4. The summed E-state index contributed by atoms with van der Waals surface area (Å²) in [7, 11) is -4.09. The van der Waals surface area contributed by atoms with Gasteiger partial charge in [-0.05, 0) is 50.6 Å². The van der Waals surface area contributed by atoms with Gasteiger partial charge in [-0.1, -0.05) is 12.1 Å². The number of nitrogens with two attached hydrogens (primary N) is 2. The van der Waals surface area contributed by atoms with Crippen LogP contribution in [-0.2, 0) is 24.4 Å². The molecular weight excluding hydrogens is 480 g/mol. The van der Waals surface area contributed by atoms with E-state index in [4.69, 9.17) is 26.5 Å². The number of pyridine rings is 1. The normalized spacial score (nSPS) is 12.0. The molecule has 0 aliphatic carbocycles. The van der Waals surface area contributed by atoms with Crippen LogP contribution >= 0.6 is 0 Å². The molecule has 0 saturated carbocycles. The number of benzene rings is 1. The number of carbonyl (C=O) groups excluding carboxylic acids is 2. The number of amides is 2. The van der Waals surface area contributed by atoms with Gasteiger partial charge in [-0.25, -0.2) is 13.2 Å². The van der Waals surface area contributed by atoms with Crippen LogP contribution in [-0.4, -0.2) is 49.2 Å². The maximum Gasteiger partial charge on any atom is 0.441 e. The molecule has 13 nitrogen and oxygen atoms in total. The van der Waals surface area contributed by atoms with Gasteiger partial charge in [-0.3, -0.25) is 29.1 Å². The van der Waals surface area contributed by atoms with Crippen molar-refractivity contribution >= 4 is 33.7 Å². The second-order valence-electron chi connectivity index (χ2n) is 7.40. The standard InChI is InChI=1S/C21H28N6O7S/c1-4-33-21(30)27(20(23)24)34-11-10-17(18(22)28)26-14(3)8-9-16(19(26)29)25-35(31,32)15-7-5-6-13(2)12-15/h5-9,12,17,25H,4,10-11H2,1-3H3,(H2,22,28)(H3,23,24). The molecule has 14 heteroatoms. The molecule has 0 radical (unpaired) electrons. The number of carbonyl (C=O) groups is 2. The van der Waals surface area contributed by atoms with E-state index < -0.39 is 39.6 Å². The van der Waals surface area contributed by atoms with Crippen molar-refractivity contribution in [1.82, 2.24) is 9.63 Å². The highest BCUT2D eigenvalue weighted by atomic mass is 32.2. The van der Waals surface area contributed by atoms with E-state index >= 15 is 0 Å². The molecule has 1 aromatic carbocycles. The van der Waals surface area contributed by atoms with Crippen molar-refractivity contribution in [2.75, 3.05) is 17.9 Å². The number of nitrogens with zero attached hydrogens (tertiary/aromatic N) is 2. The number of rotatable bonds is 10. The highest BCUT2D eigenvalue weighted by Gasteiger charge is 2.26. The number of nitrogens with one attached hydrogen (secondary N) is 2. The van der Waals surface area contributed by atoms with E-state index in [1.807, 2.05) is 0 Å². The Morgan fingerprint density at radius 1 is 1.20 bits per heavy atom. The maximum absolute atomic E-state index is 13.2. The molecule has 1 aromatic heterocycles. The minimum absolute atomic E-state index is 0.00965. The van der Waals surface area contributed by atoms with Crippen molar-refractivity contribution in [2.45, 2.75) is 38.1 Å². The number of hydrogen-bond acceptors (Lipinski definition) is 8. The molecule has 0 bridgehead atoms. The van der Waals surface area contributed by atoms with Gasteiger partial charge in [0, 0.05) is 12.1 Å². The van der Waals surface area contributed by atoms with Crippen molar-refractivity contribution in [1.29, 1.82) is 5.41 Å². The SMILES string of the molecule is CCOC(=O)N(OCCC(C(N)=O)n1c(C)ccc(NS(=O)(=O)c2cccc(C)c2)c1=O)C(=N)N. The zero-order valence-corrected chi connectivity index (χ0v) is 20.3. The van der Waals surface area contributed by atoms with Gasteiger partial charge >= 0.3 is 6.09 Å². The zero-order valence-electron chi connectivity index (χ0n) is 19.5. The van der Waals surface area contributed by atoms with Crippen LogP contribution in [0.25, 0.3) is 0 Å². The number of hydroxylamine groups is 2. The molecule has 1 unspecified atom stereocenters.